The van der Waals surface area contributed by atoms with E-state index in [0.717, 1.165) is 24.8 Å². The monoisotopic (exact) mass is 299 g/mol. The highest BCUT2D eigenvalue weighted by molar-refractivity contribution is 7.89. The van der Waals surface area contributed by atoms with Crippen molar-refractivity contribution in [2.75, 3.05) is 13.7 Å². The summed E-state index contributed by atoms with van der Waals surface area (Å²) in [4.78, 5) is 0.368. The lowest BCUT2D eigenvalue weighted by Crippen LogP contribution is -2.28. The van der Waals surface area contributed by atoms with E-state index >= 15 is 0 Å². The Morgan fingerprint density at radius 1 is 1.30 bits per heavy atom. The molecule has 1 aromatic rings. The molecule has 0 aliphatic rings. The highest BCUT2D eigenvalue weighted by atomic mass is 32.2. The van der Waals surface area contributed by atoms with Gasteiger partial charge in [0, 0.05) is 6.54 Å². The van der Waals surface area contributed by atoms with E-state index < -0.39 is 10.0 Å². The van der Waals surface area contributed by atoms with Crippen molar-refractivity contribution in [2.24, 2.45) is 5.92 Å². The summed E-state index contributed by atoms with van der Waals surface area (Å²) in [7, 11) is -1.86. The second kappa shape index (κ2) is 7.64. The van der Waals surface area contributed by atoms with Crippen molar-refractivity contribution < 1.29 is 13.2 Å². The summed E-state index contributed by atoms with van der Waals surface area (Å²) in [6.45, 7) is 6.50. The van der Waals surface area contributed by atoms with Crippen LogP contribution >= 0.6 is 0 Å². The van der Waals surface area contributed by atoms with E-state index in [1.807, 2.05) is 19.9 Å². The fourth-order valence-electron chi connectivity index (χ4n) is 1.86. The van der Waals surface area contributed by atoms with Gasteiger partial charge in [-0.05, 0) is 42.5 Å². The minimum absolute atomic E-state index is 0.280. The summed E-state index contributed by atoms with van der Waals surface area (Å²) >= 11 is 0. The van der Waals surface area contributed by atoms with Crippen LogP contribution in [0.5, 0.6) is 5.75 Å². The zero-order valence-corrected chi connectivity index (χ0v) is 13.6. The van der Waals surface area contributed by atoms with E-state index in [2.05, 4.69) is 11.6 Å². The van der Waals surface area contributed by atoms with E-state index in [0.29, 0.717) is 17.2 Å². The lowest BCUT2D eigenvalue weighted by molar-refractivity contribution is 0.413. The Bertz CT molecular complexity index is 524. The van der Waals surface area contributed by atoms with Gasteiger partial charge >= 0.3 is 0 Å². The summed E-state index contributed by atoms with van der Waals surface area (Å²) in [5.74, 6) is 0.973. The Labute approximate surface area is 122 Å². The Morgan fingerprint density at radius 2 is 2.00 bits per heavy atom. The maximum atomic E-state index is 12.4. The van der Waals surface area contributed by atoms with E-state index in [4.69, 9.17) is 4.74 Å². The first-order chi connectivity index (χ1) is 9.40. The number of aryl methyl sites for hydroxylation is 1. The molecule has 0 bridgehead atoms. The molecule has 0 spiro atoms. The number of benzene rings is 1. The van der Waals surface area contributed by atoms with Gasteiger partial charge in [0.15, 0.2) is 0 Å². The maximum Gasteiger partial charge on any atom is 0.240 e. The molecule has 20 heavy (non-hydrogen) atoms. The number of ether oxygens (including phenoxy) is 1. The number of sulfonamides is 1. The van der Waals surface area contributed by atoms with Crippen molar-refractivity contribution >= 4 is 10.0 Å². The predicted octanol–water partition coefficient (Wildman–Crippen LogP) is 2.97. The van der Waals surface area contributed by atoms with Crippen LogP contribution in [0.25, 0.3) is 0 Å². The van der Waals surface area contributed by atoms with Crippen molar-refractivity contribution in [3.8, 4) is 5.75 Å². The second-order valence-corrected chi connectivity index (χ2v) is 7.06. The van der Waals surface area contributed by atoms with Crippen molar-refractivity contribution in [1.82, 2.24) is 4.72 Å². The quantitative estimate of drug-likeness (QED) is 0.803. The molecule has 0 amide bonds. The summed E-state index contributed by atoms with van der Waals surface area (Å²) in [5.41, 5.74) is 0.822. The highest BCUT2D eigenvalue weighted by Gasteiger charge is 2.18. The highest BCUT2D eigenvalue weighted by Crippen LogP contribution is 2.23. The van der Waals surface area contributed by atoms with Gasteiger partial charge in [0.05, 0.1) is 12.0 Å². The summed E-state index contributed by atoms with van der Waals surface area (Å²) in [6.07, 6.45) is 2.72. The van der Waals surface area contributed by atoms with Crippen LogP contribution in [0.3, 0.4) is 0 Å². The van der Waals surface area contributed by atoms with E-state index in [1.165, 1.54) is 0 Å². The third kappa shape index (κ3) is 4.80. The molecular formula is C15H25NO3S. The van der Waals surface area contributed by atoms with Gasteiger partial charge in [-0.3, -0.25) is 0 Å². The minimum atomic E-state index is -3.45. The number of nitrogens with one attached hydrogen (secondary N) is 1. The number of hydrogen-bond acceptors (Lipinski definition) is 3. The molecule has 0 unspecified atom stereocenters. The summed E-state index contributed by atoms with van der Waals surface area (Å²) < 4.78 is 32.6. The van der Waals surface area contributed by atoms with Gasteiger partial charge in [-0.1, -0.05) is 27.2 Å². The second-order valence-electron chi connectivity index (χ2n) is 5.32. The smallest absolute Gasteiger partial charge is 0.240 e. The molecular weight excluding hydrogens is 274 g/mol. The van der Waals surface area contributed by atoms with Gasteiger partial charge in [0.1, 0.15) is 5.75 Å². The van der Waals surface area contributed by atoms with Crippen LogP contribution in [0.2, 0.25) is 0 Å². The largest absolute Gasteiger partial charge is 0.497 e. The Kier molecular flexibility index (Phi) is 6.49. The molecule has 0 saturated heterocycles. The zero-order valence-electron chi connectivity index (χ0n) is 12.8. The van der Waals surface area contributed by atoms with Gasteiger partial charge in [0.25, 0.3) is 0 Å². The Balaban J connectivity index is 3.08. The van der Waals surface area contributed by atoms with E-state index in [1.54, 1.807) is 19.2 Å². The molecule has 0 fully saturated rings. The van der Waals surface area contributed by atoms with Crippen molar-refractivity contribution in [3.63, 3.8) is 0 Å². The number of unbranched alkanes of at least 4 members (excludes halogenated alkanes) is 1. The standard InChI is InChI=1S/C15H25NO3S/c1-5-6-7-13-10-14(19-4)8-9-15(13)20(17,18)16-11-12(2)3/h8-10,12,16H,5-7,11H2,1-4H3. The van der Waals surface area contributed by atoms with Crippen LogP contribution in [0.4, 0.5) is 0 Å². The van der Waals surface area contributed by atoms with Crippen molar-refractivity contribution in [1.29, 1.82) is 0 Å². The first-order valence-corrected chi connectivity index (χ1v) is 8.55. The fourth-order valence-corrected chi connectivity index (χ4v) is 3.32. The number of rotatable bonds is 8. The first-order valence-electron chi connectivity index (χ1n) is 7.07. The van der Waals surface area contributed by atoms with Gasteiger partial charge < -0.3 is 4.74 Å². The molecule has 0 saturated carbocycles. The molecule has 0 aromatic heterocycles. The van der Waals surface area contributed by atoms with Crippen LogP contribution in [-0.2, 0) is 16.4 Å². The Hall–Kier alpha value is -1.07. The van der Waals surface area contributed by atoms with Gasteiger partial charge in [-0.15, -0.1) is 0 Å². The summed E-state index contributed by atoms with van der Waals surface area (Å²) in [5, 5.41) is 0. The number of hydrogen-bond donors (Lipinski definition) is 1. The minimum Gasteiger partial charge on any atom is -0.497 e. The molecule has 5 heteroatoms. The van der Waals surface area contributed by atoms with Gasteiger partial charge in [-0.25, -0.2) is 13.1 Å². The molecule has 0 aliphatic carbocycles. The third-order valence-electron chi connectivity index (χ3n) is 3.04. The van der Waals surface area contributed by atoms with E-state index in [9.17, 15) is 8.42 Å². The van der Waals surface area contributed by atoms with Crippen LogP contribution in [-0.4, -0.2) is 22.1 Å². The average molecular weight is 299 g/mol. The molecule has 1 aromatic carbocycles. The molecule has 1 N–H and O–H groups in total. The molecule has 4 nitrogen and oxygen atoms in total. The lowest BCUT2D eigenvalue weighted by Gasteiger charge is -2.14. The fraction of sp³-hybridized carbons (Fsp3) is 0.600. The van der Waals surface area contributed by atoms with Crippen LogP contribution in [0, 0.1) is 5.92 Å². The summed E-state index contributed by atoms with van der Waals surface area (Å²) in [6, 6.07) is 5.14. The lowest BCUT2D eigenvalue weighted by atomic mass is 10.1. The maximum absolute atomic E-state index is 12.4. The number of methoxy groups -OCH3 is 1. The molecule has 114 valence electrons. The SMILES string of the molecule is CCCCc1cc(OC)ccc1S(=O)(=O)NCC(C)C. The van der Waals surface area contributed by atoms with Gasteiger partial charge in [0.2, 0.25) is 10.0 Å². The average Bonchev–Trinajstić information content (AvgIpc) is 2.42. The molecule has 0 radical (unpaired) electrons. The third-order valence-corrected chi connectivity index (χ3v) is 4.56. The van der Waals surface area contributed by atoms with Crippen LogP contribution in [0.15, 0.2) is 23.1 Å². The normalized spacial score (nSPS) is 11.8. The first kappa shape index (κ1) is 17.0. The predicted molar refractivity (Wildman–Crippen MR) is 81.6 cm³/mol. The van der Waals surface area contributed by atoms with Crippen LogP contribution < -0.4 is 9.46 Å². The molecule has 0 atom stereocenters. The zero-order chi connectivity index (χ0) is 15.2. The van der Waals surface area contributed by atoms with Crippen LogP contribution in [0.1, 0.15) is 39.2 Å². The van der Waals surface area contributed by atoms with Crippen molar-refractivity contribution in [3.05, 3.63) is 23.8 Å². The van der Waals surface area contributed by atoms with E-state index in [-0.39, 0.29) is 5.92 Å². The molecule has 1 rings (SSSR count). The molecule has 0 aliphatic heterocycles. The van der Waals surface area contributed by atoms with Crippen molar-refractivity contribution in [2.45, 2.75) is 44.9 Å². The Morgan fingerprint density at radius 3 is 2.55 bits per heavy atom. The van der Waals surface area contributed by atoms with Gasteiger partial charge in [-0.2, -0.15) is 0 Å². The molecule has 0 heterocycles. The topological polar surface area (TPSA) is 55.4 Å².